The smallest absolute Gasteiger partial charge is 0.335 e. The first-order valence-corrected chi connectivity index (χ1v) is 5.05. The van der Waals surface area contributed by atoms with Crippen molar-refractivity contribution in [3.8, 4) is 0 Å². The van der Waals surface area contributed by atoms with E-state index in [4.69, 9.17) is 15.1 Å². The molecule has 0 saturated carbocycles. The number of rotatable bonds is 1. The Hall–Kier alpha value is -2.47. The quantitative estimate of drug-likeness (QED) is 0.783. The van der Waals surface area contributed by atoms with Crippen LogP contribution in [0.4, 0.5) is 5.69 Å². The van der Waals surface area contributed by atoms with Gasteiger partial charge in [0.2, 0.25) is 0 Å². The number of carbonyl (C=O) groups is 1. The van der Waals surface area contributed by atoms with Gasteiger partial charge in [-0.1, -0.05) is 5.16 Å². The zero-order valence-electron chi connectivity index (χ0n) is 9.49. The average Bonchev–Trinajstić information content (AvgIpc) is 2.67. The number of aliphatic hydroxyl groups is 1. The van der Waals surface area contributed by atoms with E-state index in [1.165, 1.54) is 18.5 Å². The van der Waals surface area contributed by atoms with E-state index in [9.17, 15) is 4.79 Å². The summed E-state index contributed by atoms with van der Waals surface area (Å²) in [7, 11) is 1.00. The number of aliphatic imine (C=N–C) groups is 1. The normalized spacial score (nSPS) is 13.8. The van der Waals surface area contributed by atoms with Gasteiger partial charge >= 0.3 is 5.97 Å². The lowest BCUT2D eigenvalue weighted by atomic mass is 9.99. The molecule has 2 N–H and O–H groups in total. The number of carboxylic acid groups (broad SMARTS) is 1. The Kier molecular flexibility index (Phi) is 3.20. The van der Waals surface area contributed by atoms with Gasteiger partial charge in [-0.25, -0.2) is 4.79 Å². The lowest BCUT2D eigenvalue weighted by Gasteiger charge is -2.04. The Morgan fingerprint density at radius 3 is 2.78 bits per heavy atom. The Balaban J connectivity index is 0.000000574. The average molecular weight is 246 g/mol. The van der Waals surface area contributed by atoms with Gasteiger partial charge in [0.25, 0.3) is 0 Å². The molecule has 92 valence electrons. The maximum Gasteiger partial charge on any atom is 0.335 e. The van der Waals surface area contributed by atoms with E-state index in [2.05, 4.69) is 10.1 Å². The number of aliphatic hydroxyl groups excluding tert-OH is 1. The topological polar surface area (TPSA) is 91.5 Å². The van der Waals surface area contributed by atoms with E-state index in [0.717, 1.165) is 18.2 Å². The second-order valence-electron chi connectivity index (χ2n) is 3.44. The lowest BCUT2D eigenvalue weighted by molar-refractivity contribution is 0.0697. The highest BCUT2D eigenvalue weighted by Gasteiger charge is 2.20. The largest absolute Gasteiger partial charge is 0.478 e. The van der Waals surface area contributed by atoms with Crippen molar-refractivity contribution in [2.75, 3.05) is 7.11 Å². The first-order chi connectivity index (χ1) is 8.75. The number of nitrogens with zero attached hydrogens (tertiary/aromatic N) is 2. The minimum Gasteiger partial charge on any atom is -0.478 e. The Bertz CT molecular complexity index is 588. The summed E-state index contributed by atoms with van der Waals surface area (Å²) in [5.74, 6) is -0.981. The zero-order chi connectivity index (χ0) is 13.1. The van der Waals surface area contributed by atoms with Gasteiger partial charge in [0, 0.05) is 30.0 Å². The van der Waals surface area contributed by atoms with Crippen LogP contribution in [0.3, 0.4) is 0 Å². The van der Waals surface area contributed by atoms with Crippen LogP contribution < -0.4 is 0 Å². The van der Waals surface area contributed by atoms with Crippen LogP contribution in [0.1, 0.15) is 21.5 Å². The molecule has 0 aliphatic carbocycles. The van der Waals surface area contributed by atoms with Crippen LogP contribution in [0.15, 0.2) is 28.5 Å². The molecule has 1 aromatic carbocycles. The fraction of sp³-hybridized carbons (Fsp3) is 0.0833. The highest BCUT2D eigenvalue weighted by atomic mass is 16.6. The summed E-state index contributed by atoms with van der Waals surface area (Å²) >= 11 is 0. The first-order valence-electron chi connectivity index (χ1n) is 5.05. The number of hydrogen-bond acceptors (Lipinski definition) is 5. The first kappa shape index (κ1) is 12.0. The van der Waals surface area contributed by atoms with Crippen molar-refractivity contribution >= 4 is 29.7 Å². The van der Waals surface area contributed by atoms with Gasteiger partial charge in [-0.05, 0) is 12.1 Å². The fourth-order valence-electron chi connectivity index (χ4n) is 1.76. The standard InChI is InChI=1S/C11H6N2O3.CH4O/c14-11(15)6-1-7-4-13-16-5-8-3-12-9(2-6)10(7)8;1-2/h1-5H,(H,14,15);2H,1H3. The van der Waals surface area contributed by atoms with E-state index < -0.39 is 5.97 Å². The molecular weight excluding hydrogens is 236 g/mol. The van der Waals surface area contributed by atoms with Gasteiger partial charge in [0.1, 0.15) is 6.26 Å². The summed E-state index contributed by atoms with van der Waals surface area (Å²) in [5.41, 5.74) is 3.21. The summed E-state index contributed by atoms with van der Waals surface area (Å²) in [4.78, 5) is 19.9. The van der Waals surface area contributed by atoms with Crippen LogP contribution >= 0.6 is 0 Å². The summed E-state index contributed by atoms with van der Waals surface area (Å²) in [6.07, 6.45) is 4.61. The van der Waals surface area contributed by atoms with Crippen LogP contribution in [-0.4, -0.2) is 35.7 Å². The predicted molar refractivity (Wildman–Crippen MR) is 66.4 cm³/mol. The highest BCUT2D eigenvalue weighted by Crippen LogP contribution is 2.35. The fourth-order valence-corrected chi connectivity index (χ4v) is 1.76. The zero-order valence-corrected chi connectivity index (χ0v) is 9.49. The van der Waals surface area contributed by atoms with Crippen LogP contribution in [0.25, 0.3) is 5.57 Å². The maximum atomic E-state index is 10.9. The number of hydrogen-bond donors (Lipinski definition) is 2. The summed E-state index contributed by atoms with van der Waals surface area (Å²) in [5, 5.41) is 19.6. The molecule has 0 unspecified atom stereocenters. The molecule has 0 bridgehead atoms. The van der Waals surface area contributed by atoms with Crippen LogP contribution in [0.2, 0.25) is 0 Å². The molecule has 2 heterocycles. The minimum atomic E-state index is -0.981. The van der Waals surface area contributed by atoms with Crippen molar-refractivity contribution in [2.24, 2.45) is 10.1 Å². The summed E-state index contributed by atoms with van der Waals surface area (Å²) < 4.78 is 0. The molecule has 6 heteroatoms. The molecule has 0 amide bonds. The maximum absolute atomic E-state index is 10.9. The molecule has 2 aliphatic heterocycles. The van der Waals surface area contributed by atoms with Crippen LogP contribution in [0.5, 0.6) is 0 Å². The molecule has 1 aromatic rings. The highest BCUT2D eigenvalue weighted by molar-refractivity contribution is 6.19. The summed E-state index contributed by atoms with van der Waals surface area (Å²) in [6.45, 7) is 0. The van der Waals surface area contributed by atoms with E-state index in [1.807, 2.05) is 0 Å². The van der Waals surface area contributed by atoms with Gasteiger partial charge in [-0.2, -0.15) is 0 Å². The molecule has 0 spiro atoms. The SMILES string of the molecule is CO.O=C(O)c1cc2c3c(c1)N=CC3=CON=C2. The van der Waals surface area contributed by atoms with Crippen molar-refractivity contribution in [3.05, 3.63) is 35.1 Å². The Morgan fingerprint density at radius 2 is 2.06 bits per heavy atom. The van der Waals surface area contributed by atoms with Gasteiger partial charge in [-0.3, -0.25) is 4.99 Å². The van der Waals surface area contributed by atoms with Crippen molar-refractivity contribution in [2.45, 2.75) is 0 Å². The number of benzene rings is 1. The Morgan fingerprint density at radius 1 is 1.28 bits per heavy atom. The molecule has 0 radical (unpaired) electrons. The second-order valence-corrected chi connectivity index (χ2v) is 3.44. The molecule has 18 heavy (non-hydrogen) atoms. The third-order valence-corrected chi connectivity index (χ3v) is 2.46. The molecule has 6 nitrogen and oxygen atoms in total. The number of aromatic carboxylic acids is 1. The predicted octanol–water partition coefficient (Wildman–Crippen LogP) is 1.41. The van der Waals surface area contributed by atoms with Gasteiger partial charge in [0.15, 0.2) is 0 Å². The van der Waals surface area contributed by atoms with Gasteiger partial charge < -0.3 is 15.1 Å². The molecule has 0 fully saturated rings. The van der Waals surface area contributed by atoms with E-state index in [0.29, 0.717) is 11.3 Å². The number of allylic oxidation sites excluding steroid dienone is 1. The Labute approximate surface area is 103 Å². The van der Waals surface area contributed by atoms with Crippen molar-refractivity contribution in [3.63, 3.8) is 0 Å². The summed E-state index contributed by atoms with van der Waals surface area (Å²) in [6, 6.07) is 3.10. The molecule has 3 rings (SSSR count). The van der Waals surface area contributed by atoms with Crippen molar-refractivity contribution in [1.82, 2.24) is 0 Å². The van der Waals surface area contributed by atoms with E-state index in [1.54, 1.807) is 12.3 Å². The van der Waals surface area contributed by atoms with Crippen LogP contribution in [-0.2, 0) is 4.84 Å². The molecular formula is C12H10N2O4. The van der Waals surface area contributed by atoms with Gasteiger partial charge in [-0.15, -0.1) is 0 Å². The van der Waals surface area contributed by atoms with Gasteiger partial charge in [0.05, 0.1) is 17.5 Å². The third-order valence-electron chi connectivity index (χ3n) is 2.46. The second kappa shape index (κ2) is 4.80. The van der Waals surface area contributed by atoms with Crippen molar-refractivity contribution in [1.29, 1.82) is 0 Å². The van der Waals surface area contributed by atoms with E-state index >= 15 is 0 Å². The molecule has 2 aliphatic rings. The lowest BCUT2D eigenvalue weighted by Crippen LogP contribution is -1.99. The van der Waals surface area contributed by atoms with Crippen molar-refractivity contribution < 1.29 is 19.8 Å². The molecule has 0 aromatic heterocycles. The molecule has 0 saturated heterocycles. The third kappa shape index (κ3) is 1.89. The number of oxime groups is 1. The van der Waals surface area contributed by atoms with E-state index in [-0.39, 0.29) is 5.56 Å². The minimum absolute atomic E-state index is 0.195. The monoisotopic (exact) mass is 246 g/mol. The molecule has 0 atom stereocenters. The number of carboxylic acids is 1. The van der Waals surface area contributed by atoms with Crippen LogP contribution in [0, 0.1) is 0 Å².